The maximum absolute atomic E-state index is 11.0. The van der Waals surface area contributed by atoms with Crippen LogP contribution in [-0.4, -0.2) is 25.3 Å². The topological polar surface area (TPSA) is 55.8 Å². The highest BCUT2D eigenvalue weighted by Crippen LogP contribution is 2.19. The molecule has 1 aromatic rings. The predicted octanol–water partition coefficient (Wildman–Crippen LogP) is 0.902. The number of carbonyl (C=O) groups excluding carboxylic acids is 1. The highest BCUT2D eigenvalue weighted by Gasteiger charge is 2.17. The third-order valence-electron chi connectivity index (χ3n) is 1.83. The van der Waals surface area contributed by atoms with Crippen molar-refractivity contribution >= 4 is 5.97 Å². The van der Waals surface area contributed by atoms with E-state index >= 15 is 0 Å². The summed E-state index contributed by atoms with van der Waals surface area (Å²) >= 11 is 0. The van der Waals surface area contributed by atoms with Crippen LogP contribution in [-0.2, 0) is 9.53 Å². The molecule has 0 saturated heterocycles. The second kappa shape index (κ2) is 4.62. The Morgan fingerprint density at radius 1 is 1.43 bits per heavy atom. The lowest BCUT2D eigenvalue weighted by Gasteiger charge is -2.09. The first-order chi connectivity index (χ1) is 6.69. The number of hydrogen-bond donors (Lipinski definition) is 1. The van der Waals surface area contributed by atoms with E-state index in [1.807, 2.05) is 0 Å². The van der Waals surface area contributed by atoms with Crippen molar-refractivity contribution in [2.45, 2.75) is 6.10 Å². The molecule has 0 bridgehead atoms. The van der Waals surface area contributed by atoms with Gasteiger partial charge < -0.3 is 14.6 Å². The Kier molecular flexibility index (Phi) is 3.48. The van der Waals surface area contributed by atoms with Gasteiger partial charge in [0.2, 0.25) is 0 Å². The minimum Gasteiger partial charge on any atom is -0.497 e. The Labute approximate surface area is 82.1 Å². The number of aliphatic hydroxyl groups excluding tert-OH is 1. The van der Waals surface area contributed by atoms with Crippen LogP contribution in [0.2, 0.25) is 0 Å². The molecule has 1 rings (SSSR count). The molecule has 0 aliphatic carbocycles. The van der Waals surface area contributed by atoms with Crippen LogP contribution in [0.4, 0.5) is 0 Å². The SMILES string of the molecule is COC(=O)C(O)c1cccc(OC)c1. The molecule has 1 aromatic carbocycles. The van der Waals surface area contributed by atoms with E-state index in [0.717, 1.165) is 0 Å². The number of benzene rings is 1. The molecular weight excluding hydrogens is 184 g/mol. The van der Waals surface area contributed by atoms with E-state index in [9.17, 15) is 9.90 Å². The molecule has 4 nitrogen and oxygen atoms in total. The van der Waals surface area contributed by atoms with Crippen LogP contribution in [0, 0.1) is 0 Å². The van der Waals surface area contributed by atoms with Crippen molar-refractivity contribution in [2.75, 3.05) is 14.2 Å². The summed E-state index contributed by atoms with van der Waals surface area (Å²) in [6.45, 7) is 0. The first kappa shape index (κ1) is 10.5. The minimum atomic E-state index is -1.25. The van der Waals surface area contributed by atoms with Crippen molar-refractivity contribution in [3.05, 3.63) is 29.8 Å². The number of methoxy groups -OCH3 is 2. The van der Waals surface area contributed by atoms with Crippen LogP contribution < -0.4 is 4.74 Å². The van der Waals surface area contributed by atoms with Gasteiger partial charge in [0.25, 0.3) is 0 Å². The lowest BCUT2D eigenvalue weighted by Crippen LogP contribution is -2.13. The number of aliphatic hydroxyl groups is 1. The molecule has 0 aliphatic heterocycles. The standard InChI is InChI=1S/C10H12O4/c1-13-8-5-3-4-7(6-8)9(11)10(12)14-2/h3-6,9,11H,1-2H3. The van der Waals surface area contributed by atoms with Gasteiger partial charge in [0.15, 0.2) is 6.10 Å². The predicted molar refractivity (Wildman–Crippen MR) is 50.0 cm³/mol. The molecule has 4 heteroatoms. The second-order valence-corrected chi connectivity index (χ2v) is 2.70. The van der Waals surface area contributed by atoms with Crippen molar-refractivity contribution < 1.29 is 19.4 Å². The van der Waals surface area contributed by atoms with E-state index in [0.29, 0.717) is 11.3 Å². The summed E-state index contributed by atoms with van der Waals surface area (Å²) in [6.07, 6.45) is -1.25. The zero-order valence-corrected chi connectivity index (χ0v) is 8.06. The first-order valence-corrected chi connectivity index (χ1v) is 4.09. The van der Waals surface area contributed by atoms with Gasteiger partial charge in [-0.25, -0.2) is 4.79 Å². The lowest BCUT2D eigenvalue weighted by molar-refractivity contribution is -0.150. The summed E-state index contributed by atoms with van der Waals surface area (Å²) in [7, 11) is 2.75. The molecule has 76 valence electrons. The van der Waals surface area contributed by atoms with Crippen molar-refractivity contribution in [3.8, 4) is 5.75 Å². The van der Waals surface area contributed by atoms with Gasteiger partial charge in [-0.3, -0.25) is 0 Å². The molecule has 0 radical (unpaired) electrons. The van der Waals surface area contributed by atoms with Gasteiger partial charge in [0.05, 0.1) is 14.2 Å². The van der Waals surface area contributed by atoms with E-state index in [1.165, 1.54) is 14.2 Å². The van der Waals surface area contributed by atoms with E-state index in [2.05, 4.69) is 4.74 Å². The monoisotopic (exact) mass is 196 g/mol. The Morgan fingerprint density at radius 2 is 2.14 bits per heavy atom. The van der Waals surface area contributed by atoms with Gasteiger partial charge in [-0.05, 0) is 17.7 Å². The third kappa shape index (κ3) is 2.23. The van der Waals surface area contributed by atoms with Crippen molar-refractivity contribution in [2.24, 2.45) is 0 Å². The maximum Gasteiger partial charge on any atom is 0.339 e. The number of ether oxygens (including phenoxy) is 2. The zero-order chi connectivity index (χ0) is 10.6. The summed E-state index contributed by atoms with van der Waals surface area (Å²) in [5.74, 6) is -0.0938. The molecule has 1 unspecified atom stereocenters. The number of carbonyl (C=O) groups is 1. The van der Waals surface area contributed by atoms with Crippen LogP contribution in [0.1, 0.15) is 11.7 Å². The van der Waals surface area contributed by atoms with Crippen LogP contribution in [0.5, 0.6) is 5.75 Å². The first-order valence-electron chi connectivity index (χ1n) is 4.09. The molecule has 1 atom stereocenters. The number of esters is 1. The zero-order valence-electron chi connectivity index (χ0n) is 8.06. The summed E-state index contributed by atoms with van der Waals surface area (Å²) in [4.78, 5) is 11.0. The lowest BCUT2D eigenvalue weighted by atomic mass is 10.1. The Hall–Kier alpha value is -1.55. The van der Waals surface area contributed by atoms with Crippen LogP contribution >= 0.6 is 0 Å². The quantitative estimate of drug-likeness (QED) is 0.730. The molecule has 0 aromatic heterocycles. The summed E-state index contributed by atoms with van der Waals surface area (Å²) in [5, 5.41) is 9.48. The molecule has 0 saturated carbocycles. The summed E-state index contributed by atoms with van der Waals surface area (Å²) in [6, 6.07) is 6.64. The van der Waals surface area contributed by atoms with Crippen LogP contribution in [0.3, 0.4) is 0 Å². The van der Waals surface area contributed by atoms with Crippen molar-refractivity contribution in [1.29, 1.82) is 0 Å². The fourth-order valence-corrected chi connectivity index (χ4v) is 1.06. The van der Waals surface area contributed by atoms with Crippen molar-refractivity contribution in [1.82, 2.24) is 0 Å². The smallest absolute Gasteiger partial charge is 0.339 e. The summed E-state index contributed by atoms with van der Waals surface area (Å²) < 4.78 is 9.37. The Balaban J connectivity index is 2.89. The van der Waals surface area contributed by atoms with Crippen LogP contribution in [0.25, 0.3) is 0 Å². The fourth-order valence-electron chi connectivity index (χ4n) is 1.06. The van der Waals surface area contributed by atoms with Gasteiger partial charge in [-0.15, -0.1) is 0 Å². The molecule has 0 amide bonds. The minimum absolute atomic E-state index is 0.455. The second-order valence-electron chi connectivity index (χ2n) is 2.70. The average Bonchev–Trinajstić information content (AvgIpc) is 2.27. The Morgan fingerprint density at radius 3 is 2.71 bits per heavy atom. The van der Waals surface area contributed by atoms with E-state index in [4.69, 9.17) is 4.74 Å². The van der Waals surface area contributed by atoms with Gasteiger partial charge in [0, 0.05) is 0 Å². The maximum atomic E-state index is 11.0. The molecule has 14 heavy (non-hydrogen) atoms. The fraction of sp³-hybridized carbons (Fsp3) is 0.300. The molecule has 0 spiro atoms. The van der Waals surface area contributed by atoms with Gasteiger partial charge in [-0.1, -0.05) is 12.1 Å². The van der Waals surface area contributed by atoms with E-state index < -0.39 is 12.1 Å². The molecule has 1 N–H and O–H groups in total. The highest BCUT2D eigenvalue weighted by atomic mass is 16.5. The molecule has 0 aliphatic rings. The number of rotatable bonds is 3. The largest absolute Gasteiger partial charge is 0.497 e. The molecule has 0 fully saturated rings. The Bertz CT molecular complexity index is 322. The highest BCUT2D eigenvalue weighted by molar-refractivity contribution is 5.76. The van der Waals surface area contributed by atoms with E-state index in [-0.39, 0.29) is 0 Å². The molecular formula is C10H12O4. The average molecular weight is 196 g/mol. The van der Waals surface area contributed by atoms with Gasteiger partial charge in [-0.2, -0.15) is 0 Å². The third-order valence-corrected chi connectivity index (χ3v) is 1.83. The van der Waals surface area contributed by atoms with E-state index in [1.54, 1.807) is 24.3 Å². The summed E-state index contributed by atoms with van der Waals surface area (Å²) in [5.41, 5.74) is 0.455. The normalized spacial score (nSPS) is 11.9. The van der Waals surface area contributed by atoms with Crippen LogP contribution in [0.15, 0.2) is 24.3 Å². The molecule has 0 heterocycles. The number of hydrogen-bond acceptors (Lipinski definition) is 4. The van der Waals surface area contributed by atoms with Crippen molar-refractivity contribution in [3.63, 3.8) is 0 Å². The van der Waals surface area contributed by atoms with Gasteiger partial charge in [0.1, 0.15) is 5.75 Å². The van der Waals surface area contributed by atoms with Gasteiger partial charge >= 0.3 is 5.97 Å².